The summed E-state index contributed by atoms with van der Waals surface area (Å²) in [7, 11) is 0. The number of imide groups is 2. The summed E-state index contributed by atoms with van der Waals surface area (Å²) < 4.78 is 5.17. The summed E-state index contributed by atoms with van der Waals surface area (Å²) in [6, 6.07) is -1.76. The van der Waals surface area contributed by atoms with Gasteiger partial charge in [0.1, 0.15) is 12.0 Å². The monoisotopic (exact) mass is 297 g/mol. The second kappa shape index (κ2) is 6.21. The van der Waals surface area contributed by atoms with Crippen molar-refractivity contribution in [1.29, 1.82) is 0 Å². The molecular weight excluding hydrogens is 278 g/mol. The highest BCUT2D eigenvalue weighted by atomic mass is 16.5. The second-order valence-corrected chi connectivity index (χ2v) is 5.08. The van der Waals surface area contributed by atoms with Crippen molar-refractivity contribution in [2.45, 2.75) is 26.3 Å². The van der Waals surface area contributed by atoms with E-state index in [1.165, 1.54) is 6.92 Å². The quantitative estimate of drug-likeness (QED) is 0.698. The molecule has 2 rings (SSSR count). The lowest BCUT2D eigenvalue weighted by Gasteiger charge is -2.36. The molecule has 2 aliphatic rings. The molecule has 0 spiro atoms. The Labute approximate surface area is 122 Å². The van der Waals surface area contributed by atoms with Crippen LogP contribution >= 0.6 is 0 Å². The number of hydrogen-bond donors (Lipinski definition) is 1. The first-order valence-corrected chi connectivity index (χ1v) is 7.01. The highest BCUT2D eigenvalue weighted by Gasteiger charge is 2.44. The molecule has 0 aromatic heterocycles. The number of nitrogens with zero attached hydrogens (tertiary/aromatic N) is 2. The van der Waals surface area contributed by atoms with E-state index in [0.717, 1.165) is 4.90 Å². The maximum absolute atomic E-state index is 12.4. The molecule has 0 aromatic carbocycles. The molecule has 116 valence electrons. The van der Waals surface area contributed by atoms with E-state index in [1.807, 2.05) is 0 Å². The van der Waals surface area contributed by atoms with Crippen molar-refractivity contribution in [2.24, 2.45) is 5.92 Å². The molecule has 0 aliphatic carbocycles. The van der Waals surface area contributed by atoms with Crippen LogP contribution in [-0.2, 0) is 19.1 Å². The van der Waals surface area contributed by atoms with Gasteiger partial charge in [0, 0.05) is 13.1 Å². The Morgan fingerprint density at radius 3 is 2.52 bits per heavy atom. The van der Waals surface area contributed by atoms with E-state index in [9.17, 15) is 19.2 Å². The van der Waals surface area contributed by atoms with E-state index >= 15 is 0 Å². The molecule has 2 unspecified atom stereocenters. The zero-order valence-electron chi connectivity index (χ0n) is 12.1. The number of carbonyl (C=O) groups is 4. The summed E-state index contributed by atoms with van der Waals surface area (Å²) in [4.78, 5) is 50.5. The smallest absolute Gasteiger partial charge is 0.331 e. The summed E-state index contributed by atoms with van der Waals surface area (Å²) in [5.74, 6) is -2.44. The topological polar surface area (TPSA) is 96.0 Å². The molecule has 2 aliphatic heterocycles. The van der Waals surface area contributed by atoms with Crippen molar-refractivity contribution in [3.63, 3.8) is 0 Å². The first-order valence-electron chi connectivity index (χ1n) is 7.01. The Morgan fingerprint density at radius 2 is 1.95 bits per heavy atom. The third-order valence-corrected chi connectivity index (χ3v) is 3.78. The zero-order valence-corrected chi connectivity index (χ0v) is 12.1. The van der Waals surface area contributed by atoms with Gasteiger partial charge < -0.3 is 9.64 Å². The van der Waals surface area contributed by atoms with Crippen molar-refractivity contribution in [1.82, 2.24) is 15.1 Å². The summed E-state index contributed by atoms with van der Waals surface area (Å²) in [6.07, 6.45) is 0.285. The molecule has 2 fully saturated rings. The van der Waals surface area contributed by atoms with Crippen LogP contribution in [0.25, 0.3) is 0 Å². The summed E-state index contributed by atoms with van der Waals surface area (Å²) >= 11 is 0. The molecule has 0 radical (unpaired) electrons. The lowest BCUT2D eigenvalue weighted by molar-refractivity contribution is -0.151. The van der Waals surface area contributed by atoms with E-state index in [0.29, 0.717) is 26.3 Å². The first-order chi connectivity index (χ1) is 9.97. The number of barbiturate groups is 1. The number of rotatable bonds is 3. The Morgan fingerprint density at radius 1 is 1.33 bits per heavy atom. The van der Waals surface area contributed by atoms with Gasteiger partial charge in [0.2, 0.25) is 17.7 Å². The fraction of sp³-hybridized carbons (Fsp3) is 0.692. The van der Waals surface area contributed by atoms with Gasteiger partial charge in [-0.3, -0.25) is 24.6 Å². The highest BCUT2D eigenvalue weighted by Crippen LogP contribution is 2.18. The predicted octanol–water partition coefficient (Wildman–Crippen LogP) is -0.662. The molecule has 8 heteroatoms. The number of urea groups is 1. The molecule has 5 amide bonds. The third-order valence-electron chi connectivity index (χ3n) is 3.78. The van der Waals surface area contributed by atoms with Crippen LogP contribution in [0, 0.1) is 5.92 Å². The van der Waals surface area contributed by atoms with Crippen LogP contribution in [0.15, 0.2) is 0 Å². The van der Waals surface area contributed by atoms with Gasteiger partial charge in [0.25, 0.3) is 0 Å². The van der Waals surface area contributed by atoms with Crippen LogP contribution in [-0.4, -0.2) is 65.9 Å². The molecule has 21 heavy (non-hydrogen) atoms. The lowest BCUT2D eigenvalue weighted by atomic mass is 10.0. The van der Waals surface area contributed by atoms with Gasteiger partial charge in [0.05, 0.1) is 13.2 Å². The van der Waals surface area contributed by atoms with Gasteiger partial charge in [-0.15, -0.1) is 0 Å². The largest absolute Gasteiger partial charge is 0.378 e. The molecule has 0 bridgehead atoms. The number of nitrogens with one attached hydrogen (secondary N) is 1. The molecule has 2 saturated heterocycles. The fourth-order valence-electron chi connectivity index (χ4n) is 2.52. The van der Waals surface area contributed by atoms with Crippen LogP contribution < -0.4 is 5.32 Å². The van der Waals surface area contributed by atoms with Gasteiger partial charge in [-0.2, -0.15) is 0 Å². The normalized spacial score (nSPS) is 24.9. The molecule has 0 aromatic rings. The van der Waals surface area contributed by atoms with E-state index in [1.54, 1.807) is 11.8 Å². The standard InChI is InChI=1S/C13H19N3O5/c1-3-9-10(17)14-13(20)16(12(9)19)8(2)11(18)15-4-6-21-7-5-15/h8-9H,3-7H2,1-2H3,(H,14,17,20). The van der Waals surface area contributed by atoms with Gasteiger partial charge in [-0.05, 0) is 13.3 Å². The van der Waals surface area contributed by atoms with Gasteiger partial charge in [0.15, 0.2) is 0 Å². The Bertz CT molecular complexity index is 472. The second-order valence-electron chi connectivity index (χ2n) is 5.08. The predicted molar refractivity (Wildman–Crippen MR) is 71.0 cm³/mol. The highest BCUT2D eigenvalue weighted by molar-refractivity contribution is 6.17. The molecule has 0 saturated carbocycles. The van der Waals surface area contributed by atoms with Gasteiger partial charge >= 0.3 is 6.03 Å². The number of hydrogen-bond acceptors (Lipinski definition) is 5. The third kappa shape index (κ3) is 2.90. The Hall–Kier alpha value is -1.96. The molecular formula is C13H19N3O5. The Balaban J connectivity index is 2.14. The van der Waals surface area contributed by atoms with Crippen molar-refractivity contribution < 1.29 is 23.9 Å². The number of amides is 5. The van der Waals surface area contributed by atoms with Crippen LogP contribution in [0.5, 0.6) is 0 Å². The first kappa shape index (κ1) is 15.4. The zero-order chi connectivity index (χ0) is 15.6. The molecule has 2 atom stereocenters. The van der Waals surface area contributed by atoms with Crippen LogP contribution in [0.3, 0.4) is 0 Å². The van der Waals surface area contributed by atoms with Crippen molar-refractivity contribution in [3.8, 4) is 0 Å². The van der Waals surface area contributed by atoms with Gasteiger partial charge in [-0.1, -0.05) is 6.92 Å². The van der Waals surface area contributed by atoms with Crippen LogP contribution in [0.1, 0.15) is 20.3 Å². The average molecular weight is 297 g/mol. The minimum atomic E-state index is -0.933. The lowest BCUT2D eigenvalue weighted by Crippen LogP contribution is -2.63. The average Bonchev–Trinajstić information content (AvgIpc) is 2.47. The van der Waals surface area contributed by atoms with E-state index in [-0.39, 0.29) is 12.3 Å². The van der Waals surface area contributed by atoms with Crippen LogP contribution in [0.2, 0.25) is 0 Å². The molecule has 2 heterocycles. The van der Waals surface area contributed by atoms with Crippen molar-refractivity contribution >= 4 is 23.8 Å². The fourth-order valence-corrected chi connectivity index (χ4v) is 2.52. The van der Waals surface area contributed by atoms with Crippen LogP contribution in [0.4, 0.5) is 4.79 Å². The van der Waals surface area contributed by atoms with Crippen molar-refractivity contribution in [3.05, 3.63) is 0 Å². The number of morpholine rings is 1. The van der Waals surface area contributed by atoms with Crippen molar-refractivity contribution in [2.75, 3.05) is 26.3 Å². The SMILES string of the molecule is CCC1C(=O)NC(=O)N(C(C)C(=O)N2CCOCC2)C1=O. The maximum atomic E-state index is 12.4. The van der Waals surface area contributed by atoms with E-state index < -0.39 is 29.8 Å². The Kier molecular flexibility index (Phi) is 4.56. The van der Waals surface area contributed by atoms with Gasteiger partial charge in [-0.25, -0.2) is 4.79 Å². The minimum Gasteiger partial charge on any atom is -0.378 e. The maximum Gasteiger partial charge on any atom is 0.331 e. The molecule has 1 N–H and O–H groups in total. The van der Waals surface area contributed by atoms with E-state index in [2.05, 4.69) is 5.32 Å². The van der Waals surface area contributed by atoms with E-state index in [4.69, 9.17) is 4.74 Å². The summed E-state index contributed by atoms with van der Waals surface area (Å²) in [5, 5.41) is 2.13. The summed E-state index contributed by atoms with van der Waals surface area (Å²) in [6.45, 7) is 4.93. The molecule has 8 nitrogen and oxygen atoms in total. The summed E-state index contributed by atoms with van der Waals surface area (Å²) in [5.41, 5.74) is 0. The number of ether oxygens (including phenoxy) is 1. The number of carbonyl (C=O) groups excluding carboxylic acids is 4. The minimum absolute atomic E-state index is 0.285.